The van der Waals surface area contributed by atoms with E-state index in [0.29, 0.717) is 5.75 Å². The van der Waals surface area contributed by atoms with Crippen LogP contribution < -0.4 is 4.74 Å². The van der Waals surface area contributed by atoms with Gasteiger partial charge in [0.2, 0.25) is 0 Å². The fraction of sp³-hybridized carbons (Fsp3) is 0.333. The summed E-state index contributed by atoms with van der Waals surface area (Å²) in [6.07, 6.45) is 1.68. The zero-order valence-corrected chi connectivity index (χ0v) is 8.87. The molecule has 0 amide bonds. The number of hydrogen-bond acceptors (Lipinski definition) is 2. The minimum absolute atomic E-state index is 0.150. The molecular weight excluding hydrogens is 176 g/mol. The Morgan fingerprint density at radius 3 is 2.43 bits per heavy atom. The van der Waals surface area contributed by atoms with Crippen molar-refractivity contribution in [3.05, 3.63) is 30.3 Å². The average molecular weight is 192 g/mol. The van der Waals surface area contributed by atoms with Gasteiger partial charge in [-0.2, -0.15) is 0 Å². The molecule has 1 aromatic rings. The van der Waals surface area contributed by atoms with Crippen molar-refractivity contribution in [2.24, 2.45) is 0 Å². The Morgan fingerprint density at radius 1 is 1.36 bits per heavy atom. The Bertz CT molecular complexity index is 335. The van der Waals surface area contributed by atoms with Crippen molar-refractivity contribution in [3.8, 4) is 11.5 Å². The van der Waals surface area contributed by atoms with Crippen molar-refractivity contribution in [3.63, 3.8) is 0 Å². The van der Waals surface area contributed by atoms with E-state index in [1.165, 1.54) is 0 Å². The first-order valence-electron chi connectivity index (χ1n) is 4.57. The molecule has 0 heterocycles. The van der Waals surface area contributed by atoms with Gasteiger partial charge in [-0.1, -0.05) is 18.7 Å². The number of aromatic hydroxyl groups is 1. The summed E-state index contributed by atoms with van der Waals surface area (Å²) in [5, 5.41) is 9.61. The number of phenols is 1. The summed E-state index contributed by atoms with van der Waals surface area (Å²) >= 11 is 0. The first-order valence-corrected chi connectivity index (χ1v) is 4.57. The van der Waals surface area contributed by atoms with Crippen LogP contribution in [0.5, 0.6) is 11.5 Å². The summed E-state index contributed by atoms with van der Waals surface area (Å²) in [5.74, 6) is 0.653. The van der Waals surface area contributed by atoms with E-state index >= 15 is 0 Å². The van der Waals surface area contributed by atoms with Gasteiger partial charge < -0.3 is 9.84 Å². The van der Waals surface area contributed by atoms with Crippen LogP contribution in [0, 0.1) is 0 Å². The smallest absolute Gasteiger partial charge is 0.161 e. The number of ether oxygens (including phenoxy) is 1. The van der Waals surface area contributed by atoms with Crippen LogP contribution in [-0.2, 0) is 0 Å². The predicted octanol–water partition coefficient (Wildman–Crippen LogP) is 3.21. The number of hydrogen-bond donors (Lipinski definition) is 1. The highest BCUT2D eigenvalue weighted by molar-refractivity contribution is 5.53. The molecule has 0 radical (unpaired) electrons. The summed E-state index contributed by atoms with van der Waals surface area (Å²) in [7, 11) is 0. The van der Waals surface area contributed by atoms with Crippen LogP contribution in [0.3, 0.4) is 0 Å². The molecule has 0 aliphatic heterocycles. The van der Waals surface area contributed by atoms with E-state index in [9.17, 15) is 5.11 Å². The predicted molar refractivity (Wildman–Crippen MR) is 58.6 cm³/mol. The van der Waals surface area contributed by atoms with Crippen LogP contribution in [0.15, 0.2) is 24.8 Å². The maximum Gasteiger partial charge on any atom is 0.161 e. The fourth-order valence-electron chi connectivity index (χ4n) is 1.08. The number of phenolic OH excluding ortho intramolecular Hbond substituents is 1. The van der Waals surface area contributed by atoms with Gasteiger partial charge in [0.1, 0.15) is 5.60 Å². The lowest BCUT2D eigenvalue weighted by atomic mass is 10.1. The van der Waals surface area contributed by atoms with E-state index in [4.69, 9.17) is 4.74 Å². The average Bonchev–Trinajstić information content (AvgIpc) is 2.06. The van der Waals surface area contributed by atoms with Crippen molar-refractivity contribution >= 4 is 6.08 Å². The second-order valence-corrected chi connectivity index (χ2v) is 4.15. The summed E-state index contributed by atoms with van der Waals surface area (Å²) in [6.45, 7) is 9.44. The molecule has 0 saturated carbocycles. The van der Waals surface area contributed by atoms with Crippen LogP contribution >= 0.6 is 0 Å². The van der Waals surface area contributed by atoms with Crippen molar-refractivity contribution in [1.82, 2.24) is 0 Å². The Labute approximate surface area is 84.8 Å². The van der Waals surface area contributed by atoms with Gasteiger partial charge in [-0.3, -0.25) is 0 Å². The van der Waals surface area contributed by atoms with E-state index in [0.717, 1.165) is 5.56 Å². The molecular formula is C12H16O2. The van der Waals surface area contributed by atoms with E-state index in [1.807, 2.05) is 26.8 Å². The third kappa shape index (κ3) is 2.80. The molecule has 0 fully saturated rings. The molecule has 0 spiro atoms. The van der Waals surface area contributed by atoms with Crippen molar-refractivity contribution < 1.29 is 9.84 Å². The number of rotatable bonds is 2. The zero-order chi connectivity index (χ0) is 10.8. The largest absolute Gasteiger partial charge is 0.504 e. The van der Waals surface area contributed by atoms with Crippen LogP contribution in [0.1, 0.15) is 26.3 Å². The van der Waals surface area contributed by atoms with Gasteiger partial charge in [0.25, 0.3) is 0 Å². The van der Waals surface area contributed by atoms with Crippen LogP contribution in [0.25, 0.3) is 6.08 Å². The van der Waals surface area contributed by atoms with E-state index in [2.05, 4.69) is 6.58 Å². The standard InChI is InChI=1S/C12H16O2/c1-5-9-6-7-11(10(13)8-9)14-12(2,3)4/h5-8,13H,1H2,2-4H3. The van der Waals surface area contributed by atoms with Gasteiger partial charge in [0.15, 0.2) is 11.5 Å². The Morgan fingerprint density at radius 2 is 2.00 bits per heavy atom. The van der Waals surface area contributed by atoms with Gasteiger partial charge in [-0.05, 0) is 38.5 Å². The van der Waals surface area contributed by atoms with Gasteiger partial charge in [0.05, 0.1) is 0 Å². The third-order valence-electron chi connectivity index (χ3n) is 1.63. The Kier molecular flexibility index (Phi) is 2.84. The molecule has 0 atom stereocenters. The van der Waals surface area contributed by atoms with Crippen LogP contribution in [0.4, 0.5) is 0 Å². The zero-order valence-electron chi connectivity index (χ0n) is 8.87. The molecule has 0 bridgehead atoms. The van der Waals surface area contributed by atoms with Crippen molar-refractivity contribution in [1.29, 1.82) is 0 Å². The monoisotopic (exact) mass is 192 g/mol. The molecule has 76 valence electrons. The van der Waals surface area contributed by atoms with E-state index in [-0.39, 0.29) is 11.4 Å². The lowest BCUT2D eigenvalue weighted by Gasteiger charge is -2.21. The highest BCUT2D eigenvalue weighted by Crippen LogP contribution is 2.30. The third-order valence-corrected chi connectivity index (χ3v) is 1.63. The first-order chi connectivity index (χ1) is 6.42. The fourth-order valence-corrected chi connectivity index (χ4v) is 1.08. The normalized spacial score (nSPS) is 11.1. The van der Waals surface area contributed by atoms with E-state index in [1.54, 1.807) is 18.2 Å². The first kappa shape index (κ1) is 10.6. The van der Waals surface area contributed by atoms with Gasteiger partial charge in [-0.25, -0.2) is 0 Å². The lowest BCUT2D eigenvalue weighted by Crippen LogP contribution is -2.22. The summed E-state index contributed by atoms with van der Waals surface area (Å²) < 4.78 is 5.55. The maximum atomic E-state index is 9.61. The molecule has 1 aromatic carbocycles. The molecule has 14 heavy (non-hydrogen) atoms. The summed E-state index contributed by atoms with van der Waals surface area (Å²) in [4.78, 5) is 0. The molecule has 1 N–H and O–H groups in total. The van der Waals surface area contributed by atoms with Crippen molar-refractivity contribution in [2.45, 2.75) is 26.4 Å². The number of benzene rings is 1. The quantitative estimate of drug-likeness (QED) is 0.779. The lowest BCUT2D eigenvalue weighted by molar-refractivity contribution is 0.126. The topological polar surface area (TPSA) is 29.5 Å². The maximum absolute atomic E-state index is 9.61. The minimum atomic E-state index is -0.298. The highest BCUT2D eigenvalue weighted by atomic mass is 16.5. The molecule has 0 unspecified atom stereocenters. The molecule has 0 aliphatic carbocycles. The molecule has 1 rings (SSSR count). The van der Waals surface area contributed by atoms with Gasteiger partial charge >= 0.3 is 0 Å². The van der Waals surface area contributed by atoms with Gasteiger partial charge in [0, 0.05) is 0 Å². The Hall–Kier alpha value is -1.44. The molecule has 0 aromatic heterocycles. The SMILES string of the molecule is C=Cc1ccc(OC(C)(C)C)c(O)c1. The molecule has 0 aliphatic rings. The van der Waals surface area contributed by atoms with Crippen molar-refractivity contribution in [2.75, 3.05) is 0 Å². The van der Waals surface area contributed by atoms with Crippen LogP contribution in [-0.4, -0.2) is 10.7 Å². The Balaban J connectivity index is 2.95. The second kappa shape index (κ2) is 3.74. The summed E-state index contributed by atoms with van der Waals surface area (Å²) in [6, 6.07) is 5.24. The highest BCUT2D eigenvalue weighted by Gasteiger charge is 2.14. The molecule has 0 saturated heterocycles. The van der Waals surface area contributed by atoms with E-state index < -0.39 is 0 Å². The summed E-state index contributed by atoms with van der Waals surface area (Å²) in [5.41, 5.74) is 0.580. The molecule has 2 nitrogen and oxygen atoms in total. The minimum Gasteiger partial charge on any atom is -0.504 e. The van der Waals surface area contributed by atoms with Gasteiger partial charge in [-0.15, -0.1) is 0 Å². The second-order valence-electron chi connectivity index (χ2n) is 4.15. The van der Waals surface area contributed by atoms with Crippen LogP contribution in [0.2, 0.25) is 0 Å². The molecule has 2 heteroatoms.